The van der Waals surface area contributed by atoms with E-state index < -0.39 is 5.41 Å². The molecular formula is C19H22O5. The summed E-state index contributed by atoms with van der Waals surface area (Å²) in [5, 5.41) is 9.92. The zero-order valence-electron chi connectivity index (χ0n) is 14.0. The van der Waals surface area contributed by atoms with Crippen molar-refractivity contribution in [3.05, 3.63) is 36.0 Å². The van der Waals surface area contributed by atoms with Gasteiger partial charge in [-0.25, -0.2) is 0 Å². The van der Waals surface area contributed by atoms with Gasteiger partial charge in [0, 0.05) is 11.0 Å². The number of cyclic esters (lactones) is 1. The molecule has 0 aromatic carbocycles. The summed E-state index contributed by atoms with van der Waals surface area (Å²) in [6, 6.07) is 1.82. The summed E-state index contributed by atoms with van der Waals surface area (Å²) >= 11 is 0. The third kappa shape index (κ3) is 1.93. The summed E-state index contributed by atoms with van der Waals surface area (Å²) in [5.41, 5.74) is -0.0874. The van der Waals surface area contributed by atoms with Crippen LogP contribution in [0.3, 0.4) is 0 Å². The lowest BCUT2D eigenvalue weighted by atomic mass is 9.46. The van der Waals surface area contributed by atoms with Crippen molar-refractivity contribution in [1.29, 1.82) is 0 Å². The topological polar surface area (TPSA) is 76.7 Å². The first-order valence-electron chi connectivity index (χ1n) is 8.53. The highest BCUT2D eigenvalue weighted by molar-refractivity contribution is 5.99. The van der Waals surface area contributed by atoms with E-state index in [2.05, 4.69) is 6.92 Å². The molecule has 1 saturated heterocycles. The van der Waals surface area contributed by atoms with E-state index in [-0.39, 0.29) is 40.9 Å². The van der Waals surface area contributed by atoms with E-state index in [9.17, 15) is 14.7 Å². The first-order chi connectivity index (χ1) is 11.4. The second-order valence-electron chi connectivity index (χ2n) is 7.91. The molecule has 2 aliphatic carbocycles. The van der Waals surface area contributed by atoms with Crippen molar-refractivity contribution >= 4 is 11.8 Å². The number of fused-ring (bicyclic) bond motifs is 3. The predicted molar refractivity (Wildman–Crippen MR) is 84.9 cm³/mol. The molecule has 3 aliphatic rings. The molecule has 2 heterocycles. The van der Waals surface area contributed by atoms with E-state index in [1.807, 2.05) is 13.0 Å². The number of furan rings is 1. The molecule has 4 rings (SSSR count). The Hall–Kier alpha value is -2.04. The van der Waals surface area contributed by atoms with Gasteiger partial charge in [0.1, 0.15) is 6.10 Å². The van der Waals surface area contributed by atoms with Crippen LogP contribution in [0, 0.1) is 22.7 Å². The number of carbonyl (C=O) groups is 2. The first kappa shape index (κ1) is 15.5. The van der Waals surface area contributed by atoms with Crippen molar-refractivity contribution in [2.75, 3.05) is 0 Å². The summed E-state index contributed by atoms with van der Waals surface area (Å²) in [6.45, 7) is 4.05. The van der Waals surface area contributed by atoms with Crippen LogP contribution in [-0.2, 0) is 14.3 Å². The molecule has 1 saturated carbocycles. The number of carbonyl (C=O) groups excluding carboxylic acids is 2. The van der Waals surface area contributed by atoms with Crippen LogP contribution < -0.4 is 0 Å². The Labute approximate surface area is 140 Å². The number of allylic oxidation sites excluding steroid dienone is 2. The monoisotopic (exact) mass is 330 g/mol. The first-order valence-corrected chi connectivity index (χ1v) is 8.53. The van der Waals surface area contributed by atoms with Crippen molar-refractivity contribution in [3.63, 3.8) is 0 Å². The fourth-order valence-electron chi connectivity index (χ4n) is 5.31. The molecule has 128 valence electrons. The van der Waals surface area contributed by atoms with Gasteiger partial charge in [-0.3, -0.25) is 9.59 Å². The lowest BCUT2D eigenvalue weighted by Crippen LogP contribution is -2.58. The molecule has 2 fully saturated rings. The molecule has 5 heteroatoms. The molecule has 1 N–H and O–H groups in total. The Balaban J connectivity index is 1.75. The average molecular weight is 330 g/mol. The minimum absolute atomic E-state index is 0.0226. The standard InChI is InChI=1S/C19H22O5/c1-18-7-5-12-17(22)24-14(11-6-8-23-10-11)9-19(12,2)15(18)4-3-13(20)16(18)21/h3,6,8,10,12,14-15,20H,4-5,7,9H2,1-2H3/t12-,14-,15+,18+,19+/m0/s1. The molecule has 0 amide bonds. The number of aliphatic hydroxyl groups excluding tert-OH is 1. The molecule has 0 spiro atoms. The predicted octanol–water partition coefficient (Wildman–Crippen LogP) is 3.72. The van der Waals surface area contributed by atoms with Crippen LogP contribution in [-0.4, -0.2) is 16.9 Å². The Morgan fingerprint density at radius 3 is 2.79 bits per heavy atom. The van der Waals surface area contributed by atoms with Crippen molar-refractivity contribution in [2.24, 2.45) is 22.7 Å². The van der Waals surface area contributed by atoms with E-state index in [4.69, 9.17) is 9.15 Å². The fourth-order valence-corrected chi connectivity index (χ4v) is 5.31. The lowest BCUT2D eigenvalue weighted by Gasteiger charge is -2.58. The van der Waals surface area contributed by atoms with Crippen LogP contribution in [0.5, 0.6) is 0 Å². The van der Waals surface area contributed by atoms with Crippen LogP contribution in [0.4, 0.5) is 0 Å². The molecular weight excluding hydrogens is 308 g/mol. The maximum absolute atomic E-state index is 12.7. The number of esters is 1. The van der Waals surface area contributed by atoms with Crippen LogP contribution in [0.25, 0.3) is 0 Å². The zero-order valence-corrected chi connectivity index (χ0v) is 14.0. The maximum atomic E-state index is 12.7. The highest BCUT2D eigenvalue weighted by atomic mass is 16.5. The SMILES string of the molecule is C[C@@]12C[C@@H](c3ccoc3)OC(=O)[C@@H]1CC[C@@]1(C)C(=O)C(O)=CC[C@@H]21. The molecule has 1 aromatic rings. The van der Waals surface area contributed by atoms with E-state index in [1.165, 1.54) is 0 Å². The van der Waals surface area contributed by atoms with E-state index >= 15 is 0 Å². The Morgan fingerprint density at radius 1 is 1.29 bits per heavy atom. The van der Waals surface area contributed by atoms with Gasteiger partial charge in [-0.05, 0) is 49.2 Å². The van der Waals surface area contributed by atoms with Gasteiger partial charge < -0.3 is 14.3 Å². The van der Waals surface area contributed by atoms with Gasteiger partial charge >= 0.3 is 5.97 Å². The Kier molecular flexibility index (Phi) is 3.21. The minimum atomic E-state index is -0.608. The molecule has 0 bridgehead atoms. The van der Waals surface area contributed by atoms with E-state index in [0.717, 1.165) is 5.56 Å². The molecule has 1 aliphatic heterocycles. The van der Waals surface area contributed by atoms with Crippen molar-refractivity contribution in [1.82, 2.24) is 0 Å². The second kappa shape index (κ2) is 4.98. The highest BCUT2D eigenvalue weighted by Crippen LogP contribution is 2.63. The number of ketones is 1. The number of rotatable bonds is 1. The summed E-state index contributed by atoms with van der Waals surface area (Å²) in [4.78, 5) is 25.3. The van der Waals surface area contributed by atoms with Crippen molar-refractivity contribution in [2.45, 2.75) is 45.6 Å². The normalized spacial score (nSPS) is 41.9. The van der Waals surface area contributed by atoms with Crippen LogP contribution in [0.15, 0.2) is 34.8 Å². The van der Waals surface area contributed by atoms with Crippen LogP contribution in [0.1, 0.15) is 51.2 Å². The third-order valence-electron chi connectivity index (χ3n) is 6.69. The summed E-state index contributed by atoms with van der Waals surface area (Å²) in [6.07, 6.45) is 7.00. The summed E-state index contributed by atoms with van der Waals surface area (Å²) in [5.74, 6) is -0.657. The zero-order chi connectivity index (χ0) is 17.1. The number of aliphatic hydroxyl groups is 1. The van der Waals surface area contributed by atoms with Gasteiger partial charge in [0.15, 0.2) is 5.76 Å². The second-order valence-corrected chi connectivity index (χ2v) is 7.91. The highest BCUT2D eigenvalue weighted by Gasteiger charge is 2.62. The number of Topliss-reactive ketones (excluding diaryl/α,β-unsaturated/α-hetero) is 1. The third-order valence-corrected chi connectivity index (χ3v) is 6.69. The Bertz CT molecular complexity index is 718. The lowest BCUT2D eigenvalue weighted by molar-refractivity contribution is -0.193. The minimum Gasteiger partial charge on any atom is -0.505 e. The summed E-state index contributed by atoms with van der Waals surface area (Å²) < 4.78 is 10.8. The number of ether oxygens (including phenoxy) is 1. The fraction of sp³-hybridized carbons (Fsp3) is 0.579. The quantitative estimate of drug-likeness (QED) is 0.794. The maximum Gasteiger partial charge on any atom is 0.310 e. The van der Waals surface area contributed by atoms with E-state index in [0.29, 0.717) is 25.7 Å². The molecule has 1 aromatic heterocycles. The van der Waals surface area contributed by atoms with Crippen molar-refractivity contribution < 1.29 is 23.8 Å². The number of hydrogen-bond acceptors (Lipinski definition) is 5. The molecule has 5 nitrogen and oxygen atoms in total. The number of hydrogen-bond donors (Lipinski definition) is 1. The van der Waals surface area contributed by atoms with Crippen LogP contribution in [0.2, 0.25) is 0 Å². The van der Waals surface area contributed by atoms with Crippen LogP contribution >= 0.6 is 0 Å². The molecule has 0 unspecified atom stereocenters. The van der Waals surface area contributed by atoms with Gasteiger partial charge in [0.25, 0.3) is 0 Å². The van der Waals surface area contributed by atoms with Crippen molar-refractivity contribution in [3.8, 4) is 0 Å². The van der Waals surface area contributed by atoms with Gasteiger partial charge in [-0.2, -0.15) is 0 Å². The largest absolute Gasteiger partial charge is 0.505 e. The summed E-state index contributed by atoms with van der Waals surface area (Å²) in [7, 11) is 0. The van der Waals surface area contributed by atoms with Gasteiger partial charge in [-0.1, -0.05) is 13.8 Å². The van der Waals surface area contributed by atoms with Gasteiger partial charge in [0.05, 0.1) is 18.4 Å². The molecule has 0 radical (unpaired) electrons. The van der Waals surface area contributed by atoms with Gasteiger partial charge in [-0.15, -0.1) is 0 Å². The van der Waals surface area contributed by atoms with Gasteiger partial charge in [0.2, 0.25) is 5.78 Å². The Morgan fingerprint density at radius 2 is 2.08 bits per heavy atom. The molecule has 5 atom stereocenters. The smallest absolute Gasteiger partial charge is 0.310 e. The molecule has 24 heavy (non-hydrogen) atoms. The van der Waals surface area contributed by atoms with E-state index in [1.54, 1.807) is 18.6 Å². The average Bonchev–Trinajstić information content (AvgIpc) is 3.05.